The molecule has 0 aromatic heterocycles. The number of carbonyl (C=O) groups excluding carboxylic acids is 1. The summed E-state index contributed by atoms with van der Waals surface area (Å²) in [6, 6.07) is 3.63. The molecule has 3 unspecified atom stereocenters. The lowest BCUT2D eigenvalue weighted by Gasteiger charge is -2.39. The number of hydrogen-bond donors (Lipinski definition) is 1. The molecule has 1 aromatic carbocycles. The van der Waals surface area contributed by atoms with E-state index in [9.17, 15) is 13.6 Å². The smallest absolute Gasteiger partial charge is 0.222 e. The van der Waals surface area contributed by atoms with Crippen molar-refractivity contribution in [3.63, 3.8) is 0 Å². The molecule has 2 aliphatic heterocycles. The molecule has 150 valence electrons. The van der Waals surface area contributed by atoms with Gasteiger partial charge in [-0.1, -0.05) is 13.0 Å². The van der Waals surface area contributed by atoms with Crippen LogP contribution in [-0.2, 0) is 4.79 Å². The van der Waals surface area contributed by atoms with Crippen molar-refractivity contribution in [2.75, 3.05) is 39.3 Å². The molecule has 0 spiro atoms. The van der Waals surface area contributed by atoms with Gasteiger partial charge < -0.3 is 10.2 Å². The zero-order valence-electron chi connectivity index (χ0n) is 16.4. The van der Waals surface area contributed by atoms with Gasteiger partial charge in [0.25, 0.3) is 0 Å². The maximum Gasteiger partial charge on any atom is 0.222 e. The molecule has 2 fully saturated rings. The van der Waals surface area contributed by atoms with E-state index in [2.05, 4.69) is 17.1 Å². The molecule has 2 aliphatic rings. The van der Waals surface area contributed by atoms with Crippen LogP contribution in [0.2, 0.25) is 0 Å². The Bertz CT molecular complexity index is 640. The van der Waals surface area contributed by atoms with Crippen molar-refractivity contribution in [3.8, 4) is 0 Å². The summed E-state index contributed by atoms with van der Waals surface area (Å²) in [4.78, 5) is 16.8. The number of nitrogens with one attached hydrogen (secondary N) is 1. The second kappa shape index (κ2) is 9.11. The van der Waals surface area contributed by atoms with Crippen molar-refractivity contribution >= 4 is 5.91 Å². The van der Waals surface area contributed by atoms with Crippen molar-refractivity contribution in [2.24, 2.45) is 11.8 Å². The minimum atomic E-state index is -0.554. The fourth-order valence-corrected chi connectivity index (χ4v) is 4.33. The summed E-state index contributed by atoms with van der Waals surface area (Å²) < 4.78 is 27.2. The van der Waals surface area contributed by atoms with E-state index in [0.717, 1.165) is 19.2 Å². The number of carbonyl (C=O) groups is 1. The molecule has 0 bridgehead atoms. The average molecular weight is 379 g/mol. The Morgan fingerprint density at radius 1 is 1.22 bits per heavy atom. The Hall–Kier alpha value is -1.53. The highest BCUT2D eigenvalue weighted by molar-refractivity contribution is 5.76. The monoisotopic (exact) mass is 379 g/mol. The summed E-state index contributed by atoms with van der Waals surface area (Å²) >= 11 is 0. The van der Waals surface area contributed by atoms with Gasteiger partial charge in [-0.15, -0.1) is 0 Å². The van der Waals surface area contributed by atoms with Crippen LogP contribution in [0.1, 0.15) is 44.7 Å². The van der Waals surface area contributed by atoms with Gasteiger partial charge in [0.1, 0.15) is 11.6 Å². The summed E-state index contributed by atoms with van der Waals surface area (Å²) in [7, 11) is 0. The Labute approximate surface area is 160 Å². The minimum Gasteiger partial charge on any atom is -0.340 e. The zero-order valence-corrected chi connectivity index (χ0v) is 16.4. The SMILES string of the molecule is CC(CC(=O)N1CCN(C(C)c2ccc(F)cc2F)CC1)C1CCCNC1. The molecule has 1 N–H and O–H groups in total. The third-order valence-electron chi connectivity index (χ3n) is 6.26. The summed E-state index contributed by atoms with van der Waals surface area (Å²) in [6.07, 6.45) is 3.00. The highest BCUT2D eigenvalue weighted by atomic mass is 19.1. The van der Waals surface area contributed by atoms with Crippen LogP contribution in [0.4, 0.5) is 8.78 Å². The number of piperazine rings is 1. The zero-order chi connectivity index (χ0) is 19.4. The molecule has 0 saturated carbocycles. The van der Waals surface area contributed by atoms with E-state index in [-0.39, 0.29) is 11.9 Å². The number of hydrogen-bond acceptors (Lipinski definition) is 3. The second-order valence-electron chi connectivity index (χ2n) is 8.05. The number of benzene rings is 1. The van der Waals surface area contributed by atoms with Crippen LogP contribution in [0.15, 0.2) is 18.2 Å². The van der Waals surface area contributed by atoms with Crippen LogP contribution in [0.3, 0.4) is 0 Å². The first kappa shape index (κ1) is 20.2. The lowest BCUT2D eigenvalue weighted by atomic mass is 9.85. The molecular formula is C21H31F2N3O. The summed E-state index contributed by atoms with van der Waals surface area (Å²) in [5, 5.41) is 3.42. The molecule has 2 heterocycles. The molecule has 1 aromatic rings. The molecule has 4 nitrogen and oxygen atoms in total. The third-order valence-corrected chi connectivity index (χ3v) is 6.26. The van der Waals surface area contributed by atoms with Gasteiger partial charge in [-0.3, -0.25) is 9.69 Å². The summed E-state index contributed by atoms with van der Waals surface area (Å²) in [6.45, 7) is 8.99. The molecule has 2 saturated heterocycles. The van der Waals surface area contributed by atoms with Crippen molar-refractivity contribution in [3.05, 3.63) is 35.4 Å². The Morgan fingerprint density at radius 3 is 2.59 bits per heavy atom. The topological polar surface area (TPSA) is 35.6 Å². The van der Waals surface area contributed by atoms with E-state index in [1.54, 1.807) is 0 Å². The predicted octanol–water partition coefficient (Wildman–Crippen LogP) is 3.20. The normalized spacial score (nSPS) is 23.9. The van der Waals surface area contributed by atoms with Gasteiger partial charge in [0.2, 0.25) is 5.91 Å². The fourth-order valence-electron chi connectivity index (χ4n) is 4.33. The van der Waals surface area contributed by atoms with Crippen LogP contribution in [0.25, 0.3) is 0 Å². The van der Waals surface area contributed by atoms with Gasteiger partial charge in [-0.2, -0.15) is 0 Å². The summed E-state index contributed by atoms with van der Waals surface area (Å²) in [5.74, 6) is 0.159. The van der Waals surface area contributed by atoms with Gasteiger partial charge in [0, 0.05) is 50.3 Å². The molecule has 0 radical (unpaired) electrons. The van der Waals surface area contributed by atoms with Crippen molar-refractivity contribution < 1.29 is 13.6 Å². The minimum absolute atomic E-state index is 0.130. The summed E-state index contributed by atoms with van der Waals surface area (Å²) in [5.41, 5.74) is 0.509. The first-order chi connectivity index (χ1) is 13.0. The van der Waals surface area contributed by atoms with Gasteiger partial charge in [0.05, 0.1) is 0 Å². The second-order valence-corrected chi connectivity index (χ2v) is 8.05. The molecule has 3 atom stereocenters. The van der Waals surface area contributed by atoms with Gasteiger partial charge in [-0.25, -0.2) is 8.78 Å². The lowest BCUT2D eigenvalue weighted by Crippen LogP contribution is -2.49. The Morgan fingerprint density at radius 2 is 1.96 bits per heavy atom. The third kappa shape index (κ3) is 5.05. The molecule has 1 amide bonds. The number of halogens is 2. The first-order valence-corrected chi connectivity index (χ1v) is 10.1. The van der Waals surface area contributed by atoms with Crippen LogP contribution in [-0.4, -0.2) is 55.0 Å². The van der Waals surface area contributed by atoms with Crippen molar-refractivity contribution in [1.29, 1.82) is 0 Å². The van der Waals surface area contributed by atoms with E-state index < -0.39 is 11.6 Å². The Kier molecular flexibility index (Phi) is 6.82. The van der Waals surface area contributed by atoms with E-state index in [1.165, 1.54) is 25.0 Å². The lowest BCUT2D eigenvalue weighted by molar-refractivity contribution is -0.134. The molecule has 27 heavy (non-hydrogen) atoms. The molecule has 6 heteroatoms. The quantitative estimate of drug-likeness (QED) is 0.853. The van der Waals surface area contributed by atoms with Crippen LogP contribution < -0.4 is 5.32 Å². The fraction of sp³-hybridized carbons (Fsp3) is 0.667. The molecular weight excluding hydrogens is 348 g/mol. The maximum absolute atomic E-state index is 14.0. The van der Waals surface area contributed by atoms with Crippen molar-refractivity contribution in [2.45, 2.75) is 39.2 Å². The van der Waals surface area contributed by atoms with Crippen LogP contribution >= 0.6 is 0 Å². The van der Waals surface area contributed by atoms with E-state index in [0.29, 0.717) is 50.0 Å². The van der Waals surface area contributed by atoms with E-state index >= 15 is 0 Å². The average Bonchev–Trinajstić information content (AvgIpc) is 2.68. The Balaban J connectivity index is 1.49. The van der Waals surface area contributed by atoms with Crippen LogP contribution in [0, 0.1) is 23.5 Å². The number of piperidine rings is 1. The number of amides is 1. The van der Waals surface area contributed by atoms with E-state index in [1.807, 2.05) is 11.8 Å². The first-order valence-electron chi connectivity index (χ1n) is 10.1. The maximum atomic E-state index is 14.0. The van der Waals surface area contributed by atoms with Crippen molar-refractivity contribution in [1.82, 2.24) is 15.1 Å². The standard InChI is InChI=1S/C21H31F2N3O/c1-15(17-4-3-7-24-14-17)12-21(27)26-10-8-25(9-11-26)16(2)19-6-5-18(22)13-20(19)23/h5-6,13,15-17,24H,3-4,7-12,14H2,1-2H3. The number of nitrogens with zero attached hydrogens (tertiary/aromatic N) is 2. The molecule has 3 rings (SSSR count). The number of rotatable bonds is 5. The van der Waals surface area contributed by atoms with E-state index in [4.69, 9.17) is 0 Å². The molecule has 0 aliphatic carbocycles. The van der Waals surface area contributed by atoms with Crippen LogP contribution in [0.5, 0.6) is 0 Å². The predicted molar refractivity (Wildman–Crippen MR) is 102 cm³/mol. The van der Waals surface area contributed by atoms with Gasteiger partial charge in [-0.05, 0) is 50.8 Å². The highest BCUT2D eigenvalue weighted by Crippen LogP contribution is 2.26. The largest absolute Gasteiger partial charge is 0.340 e. The van der Waals surface area contributed by atoms with Gasteiger partial charge in [0.15, 0.2) is 0 Å². The van der Waals surface area contributed by atoms with Gasteiger partial charge >= 0.3 is 0 Å². The highest BCUT2D eigenvalue weighted by Gasteiger charge is 2.28.